The maximum absolute atomic E-state index is 13.9. The number of rotatable bonds is 1. The van der Waals surface area contributed by atoms with Crippen molar-refractivity contribution in [1.82, 2.24) is 9.97 Å². The third-order valence-electron chi connectivity index (χ3n) is 3.08. The fourth-order valence-corrected chi connectivity index (χ4v) is 2.30. The number of imidazole rings is 1. The highest BCUT2D eigenvalue weighted by Crippen LogP contribution is 2.29. The topological polar surface area (TPSA) is 54.7 Å². The second-order valence-corrected chi connectivity index (χ2v) is 4.99. The summed E-state index contributed by atoms with van der Waals surface area (Å²) in [5.74, 6) is -0.990. The van der Waals surface area contributed by atoms with E-state index in [2.05, 4.69) is 9.97 Å². The van der Waals surface area contributed by atoms with Gasteiger partial charge in [-0.3, -0.25) is 0 Å². The van der Waals surface area contributed by atoms with Crippen molar-refractivity contribution in [1.29, 1.82) is 0 Å². The van der Waals surface area contributed by atoms with E-state index in [1.165, 1.54) is 6.07 Å². The van der Waals surface area contributed by atoms with Crippen molar-refractivity contribution in [3.8, 4) is 11.4 Å². The molecule has 0 atom stereocenters. The minimum atomic E-state index is -0.683. The molecule has 0 fully saturated rings. The van der Waals surface area contributed by atoms with Crippen LogP contribution in [0.3, 0.4) is 0 Å². The zero-order valence-corrected chi connectivity index (χ0v) is 11.2. The summed E-state index contributed by atoms with van der Waals surface area (Å²) in [6.45, 7) is 1.56. The molecule has 0 spiro atoms. The lowest BCUT2D eigenvalue weighted by Gasteiger charge is -2.02. The first-order valence-corrected chi connectivity index (χ1v) is 6.24. The van der Waals surface area contributed by atoms with Gasteiger partial charge >= 0.3 is 0 Å². The molecule has 0 aliphatic carbocycles. The average molecular weight is 294 g/mol. The maximum Gasteiger partial charge on any atom is 0.141 e. The van der Waals surface area contributed by atoms with Crippen molar-refractivity contribution in [2.75, 3.05) is 5.73 Å². The van der Waals surface area contributed by atoms with Crippen molar-refractivity contribution >= 4 is 28.3 Å². The Labute approximate surface area is 118 Å². The van der Waals surface area contributed by atoms with Crippen molar-refractivity contribution in [3.05, 3.63) is 46.5 Å². The molecule has 0 aliphatic rings. The van der Waals surface area contributed by atoms with E-state index in [1.807, 2.05) is 0 Å². The minimum absolute atomic E-state index is 0.190. The van der Waals surface area contributed by atoms with Gasteiger partial charge in [0.05, 0.1) is 16.8 Å². The fourth-order valence-electron chi connectivity index (χ4n) is 2.07. The molecule has 1 aromatic heterocycles. The number of fused-ring (bicyclic) bond motifs is 1. The Morgan fingerprint density at radius 3 is 2.65 bits per heavy atom. The molecule has 0 bridgehead atoms. The van der Waals surface area contributed by atoms with Gasteiger partial charge in [0.1, 0.15) is 23.0 Å². The molecule has 2 aromatic carbocycles. The molecule has 3 rings (SSSR count). The first kappa shape index (κ1) is 12.9. The number of aryl methyl sites for hydroxylation is 1. The van der Waals surface area contributed by atoms with E-state index in [9.17, 15) is 8.78 Å². The monoisotopic (exact) mass is 293 g/mol. The van der Waals surface area contributed by atoms with Gasteiger partial charge in [-0.2, -0.15) is 0 Å². The van der Waals surface area contributed by atoms with E-state index in [0.717, 1.165) is 6.07 Å². The fraction of sp³-hybridized carbons (Fsp3) is 0.0714. The highest BCUT2D eigenvalue weighted by molar-refractivity contribution is 6.31. The summed E-state index contributed by atoms with van der Waals surface area (Å²) < 4.78 is 27.2. The second-order valence-electron chi connectivity index (χ2n) is 4.56. The van der Waals surface area contributed by atoms with Crippen LogP contribution in [0.25, 0.3) is 22.4 Å². The SMILES string of the molecule is Cc1cc(-c2nc3c(N)cc(Cl)cc3[nH]2)c(F)cc1F. The lowest BCUT2D eigenvalue weighted by molar-refractivity contribution is 0.579. The first-order chi connectivity index (χ1) is 9.45. The number of nitrogen functional groups attached to an aromatic ring is 1. The van der Waals surface area contributed by atoms with Gasteiger partial charge in [0.15, 0.2) is 0 Å². The molecule has 0 aliphatic heterocycles. The van der Waals surface area contributed by atoms with E-state index >= 15 is 0 Å². The Balaban J connectivity index is 2.25. The number of benzene rings is 2. The van der Waals surface area contributed by atoms with Gasteiger partial charge in [0, 0.05) is 11.1 Å². The number of anilines is 1. The summed E-state index contributed by atoms with van der Waals surface area (Å²) in [4.78, 5) is 7.20. The third-order valence-corrected chi connectivity index (χ3v) is 3.30. The van der Waals surface area contributed by atoms with E-state index in [0.29, 0.717) is 27.3 Å². The number of hydrogen-bond donors (Lipinski definition) is 2. The number of H-pyrrole nitrogens is 1. The quantitative estimate of drug-likeness (QED) is 0.665. The Bertz CT molecular complexity index is 827. The van der Waals surface area contributed by atoms with Crippen LogP contribution in [0.15, 0.2) is 24.3 Å². The van der Waals surface area contributed by atoms with Crippen molar-refractivity contribution < 1.29 is 8.78 Å². The third kappa shape index (κ3) is 2.00. The van der Waals surface area contributed by atoms with Gasteiger partial charge in [-0.25, -0.2) is 13.8 Å². The molecule has 3 N–H and O–H groups in total. The molecule has 102 valence electrons. The predicted octanol–water partition coefficient (Wildman–Crippen LogP) is 4.05. The molecule has 1 heterocycles. The highest BCUT2D eigenvalue weighted by atomic mass is 35.5. The predicted molar refractivity (Wildman–Crippen MR) is 75.6 cm³/mol. The lowest BCUT2D eigenvalue weighted by Crippen LogP contribution is -1.91. The zero-order valence-electron chi connectivity index (χ0n) is 10.5. The molecule has 20 heavy (non-hydrogen) atoms. The molecule has 0 saturated carbocycles. The van der Waals surface area contributed by atoms with E-state index in [-0.39, 0.29) is 11.4 Å². The van der Waals surface area contributed by atoms with Crippen LogP contribution in [-0.4, -0.2) is 9.97 Å². The number of nitrogens with zero attached hydrogens (tertiary/aromatic N) is 1. The van der Waals surface area contributed by atoms with E-state index < -0.39 is 11.6 Å². The summed E-state index contributed by atoms with van der Waals surface area (Å²) >= 11 is 5.91. The number of nitrogens with one attached hydrogen (secondary N) is 1. The highest BCUT2D eigenvalue weighted by Gasteiger charge is 2.14. The van der Waals surface area contributed by atoms with E-state index in [4.69, 9.17) is 17.3 Å². The van der Waals surface area contributed by atoms with Gasteiger partial charge < -0.3 is 10.7 Å². The molecule has 0 saturated heterocycles. The Morgan fingerprint density at radius 1 is 1.15 bits per heavy atom. The Hall–Kier alpha value is -2.14. The zero-order chi connectivity index (χ0) is 14.4. The minimum Gasteiger partial charge on any atom is -0.397 e. The second kappa shape index (κ2) is 4.45. The van der Waals surface area contributed by atoms with Crippen molar-refractivity contribution in [2.45, 2.75) is 6.92 Å². The van der Waals surface area contributed by atoms with Gasteiger partial charge in [0.2, 0.25) is 0 Å². The number of halogens is 3. The summed E-state index contributed by atoms with van der Waals surface area (Å²) in [6.07, 6.45) is 0. The smallest absolute Gasteiger partial charge is 0.141 e. The Kier molecular flexibility index (Phi) is 2.87. The average Bonchev–Trinajstić information content (AvgIpc) is 2.77. The standard InChI is InChI=1S/C14H10ClF2N3/c1-6-2-8(10(17)5-9(6)16)14-19-12-4-7(15)3-11(18)13(12)20-14/h2-5H,18H2,1H3,(H,19,20). The van der Waals surface area contributed by atoms with Crippen LogP contribution < -0.4 is 5.73 Å². The van der Waals surface area contributed by atoms with Crippen LogP contribution in [0.5, 0.6) is 0 Å². The number of hydrogen-bond acceptors (Lipinski definition) is 2. The normalized spacial score (nSPS) is 11.2. The molecule has 0 radical (unpaired) electrons. The van der Waals surface area contributed by atoms with Gasteiger partial charge in [-0.15, -0.1) is 0 Å². The van der Waals surface area contributed by atoms with Gasteiger partial charge in [0.25, 0.3) is 0 Å². The van der Waals surface area contributed by atoms with Crippen LogP contribution in [-0.2, 0) is 0 Å². The maximum atomic E-state index is 13.9. The first-order valence-electron chi connectivity index (χ1n) is 5.86. The molecule has 3 aromatic rings. The van der Waals surface area contributed by atoms with Crippen LogP contribution in [0.4, 0.5) is 14.5 Å². The van der Waals surface area contributed by atoms with Crippen LogP contribution in [0, 0.1) is 18.6 Å². The van der Waals surface area contributed by atoms with Crippen LogP contribution in [0.2, 0.25) is 5.02 Å². The van der Waals surface area contributed by atoms with Crippen molar-refractivity contribution in [2.24, 2.45) is 0 Å². The molecule has 0 amide bonds. The lowest BCUT2D eigenvalue weighted by atomic mass is 10.1. The summed E-state index contributed by atoms with van der Waals surface area (Å²) in [5, 5.41) is 0.459. The molecule has 0 unspecified atom stereocenters. The van der Waals surface area contributed by atoms with Gasteiger partial charge in [-0.1, -0.05) is 11.6 Å². The van der Waals surface area contributed by atoms with E-state index in [1.54, 1.807) is 19.1 Å². The summed E-state index contributed by atoms with van der Waals surface area (Å²) in [7, 11) is 0. The van der Waals surface area contributed by atoms with Crippen LogP contribution >= 0.6 is 11.6 Å². The molecule has 6 heteroatoms. The molecular weight excluding hydrogens is 284 g/mol. The number of aromatic nitrogens is 2. The summed E-state index contributed by atoms with van der Waals surface area (Å²) in [6, 6.07) is 5.47. The molecular formula is C14H10ClF2N3. The van der Waals surface area contributed by atoms with Crippen LogP contribution in [0.1, 0.15) is 5.56 Å². The van der Waals surface area contributed by atoms with Gasteiger partial charge in [-0.05, 0) is 30.7 Å². The summed E-state index contributed by atoms with van der Waals surface area (Å²) in [5.41, 5.74) is 7.86. The Morgan fingerprint density at radius 2 is 1.90 bits per heavy atom. The largest absolute Gasteiger partial charge is 0.397 e. The molecule has 3 nitrogen and oxygen atoms in total. The number of nitrogens with two attached hydrogens (primary N) is 1. The van der Waals surface area contributed by atoms with Crippen molar-refractivity contribution in [3.63, 3.8) is 0 Å². The number of aromatic amines is 1.